The number of hydrogen-bond acceptors (Lipinski definition) is 3. The number of nitrogens with zero attached hydrogens (tertiary/aromatic N) is 1. The number of nitrogens with two attached hydrogens (primary N) is 1. The molecule has 1 aromatic heterocycles. The van der Waals surface area contributed by atoms with E-state index in [1.54, 1.807) is 11.9 Å². The van der Waals surface area contributed by atoms with E-state index >= 15 is 0 Å². The molecule has 21 heavy (non-hydrogen) atoms. The van der Waals surface area contributed by atoms with Crippen LogP contribution >= 0.6 is 12.4 Å². The van der Waals surface area contributed by atoms with Crippen molar-refractivity contribution in [3.05, 3.63) is 59.5 Å². The van der Waals surface area contributed by atoms with Gasteiger partial charge in [-0.05, 0) is 31.0 Å². The van der Waals surface area contributed by atoms with Crippen molar-refractivity contribution in [2.24, 2.45) is 5.73 Å². The standard InChI is InChI=1S/C16H20N2O2.ClH/c1-12-8-9-14(20-12)11-18(2)16(19)15(17)10-13-6-4-3-5-7-13;/h3-9,15H,10-11,17H2,1-2H3;1H/t15-;/m0./s1. The highest BCUT2D eigenvalue weighted by atomic mass is 35.5. The van der Waals surface area contributed by atoms with Crippen LogP contribution in [-0.2, 0) is 17.8 Å². The number of hydrogen-bond donors (Lipinski definition) is 1. The van der Waals surface area contributed by atoms with Gasteiger partial charge in [-0.15, -0.1) is 12.4 Å². The van der Waals surface area contributed by atoms with Gasteiger partial charge >= 0.3 is 0 Å². The van der Waals surface area contributed by atoms with Crippen LogP contribution in [-0.4, -0.2) is 23.9 Å². The van der Waals surface area contributed by atoms with Crippen molar-refractivity contribution in [1.29, 1.82) is 0 Å². The summed E-state index contributed by atoms with van der Waals surface area (Å²) >= 11 is 0. The van der Waals surface area contributed by atoms with Crippen molar-refractivity contribution >= 4 is 18.3 Å². The average molecular weight is 309 g/mol. The minimum Gasteiger partial charge on any atom is -0.464 e. The van der Waals surface area contributed by atoms with Gasteiger partial charge in [0.1, 0.15) is 11.5 Å². The van der Waals surface area contributed by atoms with Gasteiger partial charge < -0.3 is 15.1 Å². The Morgan fingerprint density at radius 2 is 1.90 bits per heavy atom. The molecule has 1 aromatic carbocycles. The molecule has 0 fully saturated rings. The predicted octanol–water partition coefficient (Wildman–Crippen LogP) is 2.54. The number of likely N-dealkylation sites (N-methyl/N-ethyl adjacent to an activating group) is 1. The molecule has 0 saturated heterocycles. The molecule has 0 bridgehead atoms. The summed E-state index contributed by atoms with van der Waals surface area (Å²) in [6.07, 6.45) is 0.543. The number of amides is 1. The third kappa shape index (κ3) is 4.92. The fourth-order valence-electron chi connectivity index (χ4n) is 2.12. The zero-order chi connectivity index (χ0) is 14.5. The van der Waals surface area contributed by atoms with Crippen molar-refractivity contribution in [3.8, 4) is 0 Å². The van der Waals surface area contributed by atoms with E-state index in [-0.39, 0.29) is 18.3 Å². The van der Waals surface area contributed by atoms with Crippen molar-refractivity contribution in [2.75, 3.05) is 7.05 Å². The Kier molecular flexibility index (Phi) is 6.46. The summed E-state index contributed by atoms with van der Waals surface area (Å²) in [4.78, 5) is 13.8. The second-order valence-corrected chi connectivity index (χ2v) is 5.00. The normalized spacial score (nSPS) is 11.6. The molecule has 0 radical (unpaired) electrons. The molecule has 2 N–H and O–H groups in total. The minimum absolute atomic E-state index is 0. The molecule has 2 aromatic rings. The van der Waals surface area contributed by atoms with Gasteiger partial charge in [-0.3, -0.25) is 4.79 Å². The summed E-state index contributed by atoms with van der Waals surface area (Å²) in [5.74, 6) is 1.53. The van der Waals surface area contributed by atoms with Gasteiger partial charge in [0, 0.05) is 7.05 Å². The molecular formula is C16H21ClN2O2. The maximum atomic E-state index is 12.2. The monoisotopic (exact) mass is 308 g/mol. The SMILES string of the molecule is Cc1ccc(CN(C)C(=O)[C@@H](N)Cc2ccccc2)o1.Cl. The van der Waals surface area contributed by atoms with Gasteiger partial charge in [0.15, 0.2) is 0 Å². The van der Waals surface area contributed by atoms with Crippen molar-refractivity contribution in [1.82, 2.24) is 4.90 Å². The molecular weight excluding hydrogens is 288 g/mol. The molecule has 1 heterocycles. The zero-order valence-corrected chi connectivity index (χ0v) is 13.1. The number of rotatable bonds is 5. The Morgan fingerprint density at radius 3 is 2.48 bits per heavy atom. The fraction of sp³-hybridized carbons (Fsp3) is 0.312. The maximum Gasteiger partial charge on any atom is 0.239 e. The molecule has 0 saturated carbocycles. The highest BCUT2D eigenvalue weighted by Gasteiger charge is 2.19. The lowest BCUT2D eigenvalue weighted by atomic mass is 10.1. The summed E-state index contributed by atoms with van der Waals surface area (Å²) in [5.41, 5.74) is 7.05. The summed E-state index contributed by atoms with van der Waals surface area (Å²) in [6.45, 7) is 2.32. The zero-order valence-electron chi connectivity index (χ0n) is 12.3. The van der Waals surface area contributed by atoms with Crippen molar-refractivity contribution in [2.45, 2.75) is 25.9 Å². The molecule has 114 valence electrons. The van der Waals surface area contributed by atoms with E-state index < -0.39 is 6.04 Å². The molecule has 0 unspecified atom stereocenters. The number of carbonyl (C=O) groups excluding carboxylic acids is 1. The highest BCUT2D eigenvalue weighted by molar-refractivity contribution is 5.85. The summed E-state index contributed by atoms with van der Waals surface area (Å²) in [6, 6.07) is 13.0. The van der Waals surface area contributed by atoms with Gasteiger partial charge in [0.05, 0.1) is 12.6 Å². The molecule has 1 atom stereocenters. The molecule has 1 amide bonds. The van der Waals surface area contributed by atoms with Crippen LogP contribution in [0.2, 0.25) is 0 Å². The largest absolute Gasteiger partial charge is 0.464 e. The molecule has 0 aliphatic heterocycles. The highest BCUT2D eigenvalue weighted by Crippen LogP contribution is 2.10. The lowest BCUT2D eigenvalue weighted by Crippen LogP contribution is -2.42. The van der Waals surface area contributed by atoms with Crippen LogP contribution in [0, 0.1) is 6.92 Å². The third-order valence-electron chi connectivity index (χ3n) is 3.18. The van der Waals surface area contributed by atoms with E-state index in [0.717, 1.165) is 17.1 Å². The number of halogens is 1. The van der Waals surface area contributed by atoms with Crippen LogP contribution in [0.5, 0.6) is 0 Å². The van der Waals surface area contributed by atoms with Gasteiger partial charge in [0.2, 0.25) is 5.91 Å². The van der Waals surface area contributed by atoms with E-state index in [2.05, 4.69) is 0 Å². The first-order chi connectivity index (χ1) is 9.56. The molecule has 0 spiro atoms. The first kappa shape index (κ1) is 17.3. The molecule has 4 nitrogen and oxygen atoms in total. The van der Waals surface area contributed by atoms with Gasteiger partial charge in [-0.1, -0.05) is 30.3 Å². The summed E-state index contributed by atoms with van der Waals surface area (Å²) in [7, 11) is 1.74. The smallest absolute Gasteiger partial charge is 0.239 e. The number of carbonyl (C=O) groups is 1. The second-order valence-electron chi connectivity index (χ2n) is 5.00. The summed E-state index contributed by atoms with van der Waals surface area (Å²) < 4.78 is 5.47. The Balaban J connectivity index is 0.00000220. The molecule has 5 heteroatoms. The van der Waals surface area contributed by atoms with E-state index in [1.807, 2.05) is 49.4 Å². The fourth-order valence-corrected chi connectivity index (χ4v) is 2.12. The van der Waals surface area contributed by atoms with Crippen LogP contribution in [0.25, 0.3) is 0 Å². The quantitative estimate of drug-likeness (QED) is 0.923. The van der Waals surface area contributed by atoms with Gasteiger partial charge in [-0.25, -0.2) is 0 Å². The van der Waals surface area contributed by atoms with Crippen molar-refractivity contribution < 1.29 is 9.21 Å². The molecule has 0 aliphatic carbocycles. The number of aryl methyl sites for hydroxylation is 1. The van der Waals surface area contributed by atoms with E-state index in [1.165, 1.54) is 0 Å². The van der Waals surface area contributed by atoms with E-state index in [4.69, 9.17) is 10.2 Å². The first-order valence-electron chi connectivity index (χ1n) is 6.66. The minimum atomic E-state index is -0.529. The summed E-state index contributed by atoms with van der Waals surface area (Å²) in [5, 5.41) is 0. The van der Waals surface area contributed by atoms with E-state index in [0.29, 0.717) is 13.0 Å². The Bertz CT molecular complexity index is 569. The predicted molar refractivity (Wildman–Crippen MR) is 85.3 cm³/mol. The van der Waals surface area contributed by atoms with Crippen LogP contribution in [0.3, 0.4) is 0 Å². The first-order valence-corrected chi connectivity index (χ1v) is 6.66. The average Bonchev–Trinajstić information content (AvgIpc) is 2.84. The topological polar surface area (TPSA) is 59.5 Å². The van der Waals surface area contributed by atoms with Crippen LogP contribution < -0.4 is 5.73 Å². The Hall–Kier alpha value is -1.78. The second kappa shape index (κ2) is 7.86. The third-order valence-corrected chi connectivity index (χ3v) is 3.18. The maximum absolute atomic E-state index is 12.2. The Labute approximate surface area is 131 Å². The molecule has 2 rings (SSSR count). The van der Waals surface area contributed by atoms with Gasteiger partial charge in [-0.2, -0.15) is 0 Å². The number of benzene rings is 1. The van der Waals surface area contributed by atoms with Crippen LogP contribution in [0.15, 0.2) is 46.9 Å². The van der Waals surface area contributed by atoms with Crippen molar-refractivity contribution in [3.63, 3.8) is 0 Å². The molecule has 0 aliphatic rings. The van der Waals surface area contributed by atoms with Crippen LogP contribution in [0.1, 0.15) is 17.1 Å². The Morgan fingerprint density at radius 1 is 1.24 bits per heavy atom. The lowest BCUT2D eigenvalue weighted by Gasteiger charge is -2.20. The lowest BCUT2D eigenvalue weighted by molar-refractivity contribution is -0.132. The van der Waals surface area contributed by atoms with Gasteiger partial charge in [0.25, 0.3) is 0 Å². The van der Waals surface area contributed by atoms with E-state index in [9.17, 15) is 4.79 Å². The van der Waals surface area contributed by atoms with Crippen LogP contribution in [0.4, 0.5) is 0 Å². The number of furan rings is 1.